The highest BCUT2D eigenvalue weighted by Gasteiger charge is 2.16. The van der Waals surface area contributed by atoms with Gasteiger partial charge in [0.25, 0.3) is 0 Å². The Hall–Kier alpha value is -1.39. The van der Waals surface area contributed by atoms with E-state index in [4.69, 9.17) is 21.8 Å². The molecule has 1 atom stereocenters. The minimum Gasteiger partial charge on any atom is -0.472 e. The van der Waals surface area contributed by atoms with Gasteiger partial charge in [-0.3, -0.25) is 0 Å². The Morgan fingerprint density at radius 3 is 2.56 bits per heavy atom. The van der Waals surface area contributed by atoms with Crippen LogP contribution in [0.25, 0.3) is 0 Å². The molecule has 0 saturated carbocycles. The molecule has 0 aliphatic rings. The molecule has 84 valence electrons. The zero-order valence-corrected chi connectivity index (χ0v) is 8.84. The van der Waals surface area contributed by atoms with Crippen LogP contribution in [0.4, 0.5) is 8.78 Å². The van der Waals surface area contributed by atoms with Gasteiger partial charge in [0.15, 0.2) is 11.6 Å². The van der Waals surface area contributed by atoms with Gasteiger partial charge in [-0.1, -0.05) is 11.6 Å². The summed E-state index contributed by atoms with van der Waals surface area (Å²) in [5.74, 6) is -1.97. The highest BCUT2D eigenvalue weighted by molar-refractivity contribution is 6.31. The van der Waals surface area contributed by atoms with E-state index in [1.165, 1.54) is 12.5 Å². The van der Waals surface area contributed by atoms with Crippen molar-refractivity contribution in [1.29, 1.82) is 0 Å². The van der Waals surface area contributed by atoms with Crippen LogP contribution < -0.4 is 5.73 Å². The third-order valence-electron chi connectivity index (χ3n) is 2.28. The lowest BCUT2D eigenvalue weighted by Crippen LogP contribution is -2.12. The first kappa shape index (κ1) is 11.1. The number of nitrogens with two attached hydrogens (primary N) is 1. The summed E-state index contributed by atoms with van der Waals surface area (Å²) in [6.45, 7) is 0. The van der Waals surface area contributed by atoms with Gasteiger partial charge in [-0.05, 0) is 23.8 Å². The van der Waals surface area contributed by atoms with Crippen molar-refractivity contribution in [2.75, 3.05) is 0 Å². The summed E-state index contributed by atoms with van der Waals surface area (Å²) < 4.78 is 30.8. The maximum Gasteiger partial charge on any atom is 0.160 e. The van der Waals surface area contributed by atoms with Crippen LogP contribution in [0.15, 0.2) is 35.1 Å². The van der Waals surface area contributed by atoms with Crippen molar-refractivity contribution >= 4 is 11.6 Å². The summed E-state index contributed by atoms with van der Waals surface area (Å²) in [7, 11) is 0. The molecule has 16 heavy (non-hydrogen) atoms. The molecule has 1 unspecified atom stereocenters. The molecule has 1 aromatic heterocycles. The molecular weight excluding hydrogens is 236 g/mol. The zero-order chi connectivity index (χ0) is 11.7. The quantitative estimate of drug-likeness (QED) is 0.823. The maximum absolute atomic E-state index is 13.0. The average molecular weight is 244 g/mol. The topological polar surface area (TPSA) is 39.2 Å². The predicted molar refractivity (Wildman–Crippen MR) is 56.1 cm³/mol. The third kappa shape index (κ3) is 1.94. The monoisotopic (exact) mass is 243 g/mol. The smallest absolute Gasteiger partial charge is 0.160 e. The first-order chi connectivity index (χ1) is 7.59. The van der Waals surface area contributed by atoms with Gasteiger partial charge in [-0.25, -0.2) is 8.78 Å². The van der Waals surface area contributed by atoms with E-state index in [9.17, 15) is 8.78 Å². The molecule has 2 nitrogen and oxygen atoms in total. The lowest BCUT2D eigenvalue weighted by atomic mass is 10.0. The molecule has 0 aliphatic heterocycles. The van der Waals surface area contributed by atoms with Crippen LogP contribution in [0.5, 0.6) is 0 Å². The molecule has 2 rings (SSSR count). The zero-order valence-electron chi connectivity index (χ0n) is 8.08. The first-order valence-electron chi connectivity index (χ1n) is 4.51. The predicted octanol–water partition coefficient (Wildman–Crippen LogP) is 3.26. The second-order valence-electron chi connectivity index (χ2n) is 3.32. The van der Waals surface area contributed by atoms with Crippen molar-refractivity contribution in [3.63, 3.8) is 0 Å². The third-order valence-corrected chi connectivity index (χ3v) is 2.60. The fourth-order valence-corrected chi connectivity index (χ4v) is 1.68. The lowest BCUT2D eigenvalue weighted by Gasteiger charge is -2.12. The fraction of sp³-hybridized carbons (Fsp3) is 0.0909. The molecule has 0 amide bonds. The summed E-state index contributed by atoms with van der Waals surface area (Å²) in [5.41, 5.74) is 6.81. The molecule has 0 saturated heterocycles. The Morgan fingerprint density at radius 2 is 1.94 bits per heavy atom. The van der Waals surface area contributed by atoms with Crippen molar-refractivity contribution in [3.8, 4) is 0 Å². The van der Waals surface area contributed by atoms with Crippen LogP contribution in [0, 0.1) is 11.6 Å². The van der Waals surface area contributed by atoms with Gasteiger partial charge >= 0.3 is 0 Å². The molecule has 1 aromatic carbocycles. The normalized spacial score (nSPS) is 12.8. The second kappa shape index (κ2) is 4.23. The van der Waals surface area contributed by atoms with E-state index in [1.54, 1.807) is 6.07 Å². The van der Waals surface area contributed by atoms with Gasteiger partial charge in [-0.2, -0.15) is 0 Å². The van der Waals surface area contributed by atoms with Gasteiger partial charge < -0.3 is 10.2 Å². The summed E-state index contributed by atoms with van der Waals surface area (Å²) in [6.07, 6.45) is 2.88. The number of furan rings is 1. The Morgan fingerprint density at radius 1 is 1.25 bits per heavy atom. The molecule has 1 heterocycles. The summed E-state index contributed by atoms with van der Waals surface area (Å²) in [4.78, 5) is 0. The van der Waals surface area contributed by atoms with Gasteiger partial charge in [-0.15, -0.1) is 0 Å². The van der Waals surface area contributed by atoms with Crippen LogP contribution in [-0.4, -0.2) is 0 Å². The van der Waals surface area contributed by atoms with E-state index in [0.717, 1.165) is 12.1 Å². The molecule has 5 heteroatoms. The molecule has 0 fully saturated rings. The minimum absolute atomic E-state index is 0.0904. The van der Waals surface area contributed by atoms with Crippen LogP contribution in [0.1, 0.15) is 17.2 Å². The molecule has 2 N–H and O–H groups in total. The van der Waals surface area contributed by atoms with Crippen LogP contribution in [0.2, 0.25) is 5.02 Å². The Bertz CT molecular complexity index is 499. The Kier molecular flexibility index (Phi) is 2.94. The van der Waals surface area contributed by atoms with Crippen molar-refractivity contribution in [2.24, 2.45) is 5.73 Å². The van der Waals surface area contributed by atoms with Crippen LogP contribution in [0.3, 0.4) is 0 Å². The SMILES string of the molecule is NC(c1ccoc1)c1cc(F)c(F)cc1Cl. The van der Waals surface area contributed by atoms with Crippen molar-refractivity contribution in [3.05, 3.63) is 58.5 Å². The van der Waals surface area contributed by atoms with Crippen LogP contribution >= 0.6 is 11.6 Å². The molecule has 0 spiro atoms. The van der Waals surface area contributed by atoms with E-state index in [1.807, 2.05) is 0 Å². The number of halogens is 3. The van der Waals surface area contributed by atoms with Gasteiger partial charge in [0, 0.05) is 10.6 Å². The summed E-state index contributed by atoms with van der Waals surface area (Å²) >= 11 is 5.80. The number of benzene rings is 1. The van der Waals surface area contributed by atoms with E-state index >= 15 is 0 Å². The van der Waals surface area contributed by atoms with Crippen LogP contribution in [-0.2, 0) is 0 Å². The molecule has 0 bridgehead atoms. The van der Waals surface area contributed by atoms with Crippen molar-refractivity contribution in [2.45, 2.75) is 6.04 Å². The fourth-order valence-electron chi connectivity index (χ4n) is 1.41. The molecule has 2 aromatic rings. The van der Waals surface area contributed by atoms with E-state index in [2.05, 4.69) is 0 Å². The average Bonchev–Trinajstić information content (AvgIpc) is 2.75. The number of hydrogen-bond donors (Lipinski definition) is 1. The Balaban J connectivity index is 2.44. The number of rotatable bonds is 2. The molecular formula is C11H8ClF2NO. The highest BCUT2D eigenvalue weighted by atomic mass is 35.5. The highest BCUT2D eigenvalue weighted by Crippen LogP contribution is 2.28. The largest absolute Gasteiger partial charge is 0.472 e. The minimum atomic E-state index is -0.992. The van der Waals surface area contributed by atoms with Gasteiger partial charge in [0.05, 0.1) is 18.6 Å². The van der Waals surface area contributed by atoms with E-state index in [0.29, 0.717) is 11.1 Å². The van der Waals surface area contributed by atoms with Crippen molar-refractivity contribution in [1.82, 2.24) is 0 Å². The van der Waals surface area contributed by atoms with Gasteiger partial charge in [0.2, 0.25) is 0 Å². The van der Waals surface area contributed by atoms with Crippen molar-refractivity contribution < 1.29 is 13.2 Å². The second-order valence-corrected chi connectivity index (χ2v) is 3.73. The Labute approximate surface area is 95.6 Å². The van der Waals surface area contributed by atoms with E-state index in [-0.39, 0.29) is 5.02 Å². The summed E-state index contributed by atoms with van der Waals surface area (Å²) in [5, 5.41) is 0.0904. The van der Waals surface area contributed by atoms with Gasteiger partial charge in [0.1, 0.15) is 0 Å². The first-order valence-corrected chi connectivity index (χ1v) is 4.89. The lowest BCUT2D eigenvalue weighted by molar-refractivity contribution is 0.506. The summed E-state index contributed by atoms with van der Waals surface area (Å²) in [6, 6.07) is 2.91. The molecule has 0 aliphatic carbocycles. The maximum atomic E-state index is 13.0. The van der Waals surface area contributed by atoms with E-state index < -0.39 is 17.7 Å². The standard InChI is InChI=1S/C11H8ClF2NO/c12-8-4-10(14)9(13)3-7(8)11(15)6-1-2-16-5-6/h1-5,11H,15H2. The number of hydrogen-bond acceptors (Lipinski definition) is 2. The molecule has 0 radical (unpaired) electrons.